The number of ether oxygens (including phenoxy) is 1. The Bertz CT molecular complexity index is 609. The summed E-state index contributed by atoms with van der Waals surface area (Å²) in [5.74, 6) is -0.453. The van der Waals surface area contributed by atoms with E-state index in [9.17, 15) is 13.2 Å². The minimum absolute atomic E-state index is 0.00647. The summed E-state index contributed by atoms with van der Waals surface area (Å²) in [4.78, 5) is 7.46. The predicted octanol–water partition coefficient (Wildman–Crippen LogP) is 3.93. The molecule has 0 fully saturated rings. The fourth-order valence-corrected chi connectivity index (χ4v) is 2.10. The zero-order valence-corrected chi connectivity index (χ0v) is 11.1. The first-order chi connectivity index (χ1) is 9.26. The SMILES string of the molecule is Nc1nc(Cl)c(-c2ccc(OC(F)(F)F)cc2)c(Cl)n1. The molecule has 1 aromatic carbocycles. The maximum atomic E-state index is 12.0. The minimum Gasteiger partial charge on any atom is -0.406 e. The van der Waals surface area contributed by atoms with Crippen LogP contribution in [0.25, 0.3) is 11.1 Å². The molecule has 0 saturated carbocycles. The quantitative estimate of drug-likeness (QED) is 0.850. The third kappa shape index (κ3) is 3.43. The number of nitrogens with zero attached hydrogens (tertiary/aromatic N) is 2. The number of hydrogen-bond acceptors (Lipinski definition) is 4. The van der Waals surface area contributed by atoms with E-state index < -0.39 is 6.36 Å². The number of hydrogen-bond donors (Lipinski definition) is 1. The Morgan fingerprint density at radius 2 is 1.50 bits per heavy atom. The average Bonchev–Trinajstić information content (AvgIpc) is 2.28. The highest BCUT2D eigenvalue weighted by Crippen LogP contribution is 2.34. The van der Waals surface area contributed by atoms with Crippen LogP contribution in [0.4, 0.5) is 19.1 Å². The number of aromatic nitrogens is 2. The molecule has 0 spiro atoms. The largest absolute Gasteiger partial charge is 0.573 e. The molecule has 0 aliphatic carbocycles. The van der Waals surface area contributed by atoms with Crippen molar-refractivity contribution in [3.63, 3.8) is 0 Å². The topological polar surface area (TPSA) is 61.0 Å². The molecule has 0 atom stereocenters. The van der Waals surface area contributed by atoms with E-state index in [1.807, 2.05) is 0 Å². The smallest absolute Gasteiger partial charge is 0.406 e. The molecule has 0 saturated heterocycles. The van der Waals surface area contributed by atoms with Crippen LogP contribution in [0.15, 0.2) is 24.3 Å². The Labute approximate surface area is 121 Å². The van der Waals surface area contributed by atoms with E-state index in [1.54, 1.807) is 0 Å². The van der Waals surface area contributed by atoms with Crippen molar-refractivity contribution in [1.29, 1.82) is 0 Å². The molecule has 2 aromatic rings. The van der Waals surface area contributed by atoms with E-state index in [0.717, 1.165) is 12.1 Å². The molecular formula is C11H6Cl2F3N3O. The van der Waals surface area contributed by atoms with Gasteiger partial charge >= 0.3 is 6.36 Å². The molecule has 0 aliphatic rings. The second kappa shape index (κ2) is 5.34. The van der Waals surface area contributed by atoms with Crippen molar-refractivity contribution >= 4 is 29.2 Å². The highest BCUT2D eigenvalue weighted by Gasteiger charge is 2.31. The van der Waals surface area contributed by atoms with Crippen molar-refractivity contribution in [3.05, 3.63) is 34.6 Å². The van der Waals surface area contributed by atoms with E-state index in [0.29, 0.717) is 5.56 Å². The molecule has 2 rings (SSSR count). The fourth-order valence-electron chi connectivity index (χ4n) is 1.48. The summed E-state index contributed by atoms with van der Waals surface area (Å²) in [6, 6.07) is 4.97. The average molecular weight is 324 g/mol. The summed E-state index contributed by atoms with van der Waals surface area (Å²) in [6.45, 7) is 0. The highest BCUT2D eigenvalue weighted by molar-refractivity contribution is 6.37. The zero-order valence-electron chi connectivity index (χ0n) is 9.58. The third-order valence-electron chi connectivity index (χ3n) is 2.21. The Hall–Kier alpha value is -1.73. The van der Waals surface area contributed by atoms with Gasteiger partial charge in [0.1, 0.15) is 16.1 Å². The number of rotatable bonds is 2. The van der Waals surface area contributed by atoms with Gasteiger partial charge in [-0.25, -0.2) is 9.97 Å². The molecule has 1 aromatic heterocycles. The second-order valence-corrected chi connectivity index (χ2v) is 4.33. The van der Waals surface area contributed by atoms with Crippen molar-refractivity contribution in [2.24, 2.45) is 0 Å². The molecule has 0 amide bonds. The van der Waals surface area contributed by atoms with Crippen LogP contribution in [-0.2, 0) is 0 Å². The number of alkyl halides is 3. The monoisotopic (exact) mass is 323 g/mol. The van der Waals surface area contributed by atoms with Crippen LogP contribution >= 0.6 is 23.2 Å². The van der Waals surface area contributed by atoms with Crippen molar-refractivity contribution < 1.29 is 17.9 Å². The Morgan fingerprint density at radius 3 is 1.95 bits per heavy atom. The van der Waals surface area contributed by atoms with Crippen LogP contribution in [0.3, 0.4) is 0 Å². The van der Waals surface area contributed by atoms with E-state index in [-0.39, 0.29) is 27.6 Å². The zero-order chi connectivity index (χ0) is 14.9. The number of nitrogens with two attached hydrogens (primary N) is 1. The molecule has 2 N–H and O–H groups in total. The molecule has 0 radical (unpaired) electrons. The van der Waals surface area contributed by atoms with Crippen LogP contribution < -0.4 is 10.5 Å². The summed E-state index contributed by atoms with van der Waals surface area (Å²) >= 11 is 11.8. The first kappa shape index (κ1) is 14.7. The Morgan fingerprint density at radius 1 is 1.00 bits per heavy atom. The van der Waals surface area contributed by atoms with Crippen molar-refractivity contribution in [1.82, 2.24) is 9.97 Å². The van der Waals surface area contributed by atoms with Crippen LogP contribution in [0.5, 0.6) is 5.75 Å². The lowest BCUT2D eigenvalue weighted by molar-refractivity contribution is -0.274. The van der Waals surface area contributed by atoms with E-state index in [4.69, 9.17) is 28.9 Å². The number of anilines is 1. The van der Waals surface area contributed by atoms with Gasteiger partial charge in [-0.2, -0.15) is 0 Å². The van der Waals surface area contributed by atoms with Gasteiger partial charge in [0.05, 0.1) is 5.56 Å². The lowest BCUT2D eigenvalue weighted by atomic mass is 10.1. The Kier molecular flexibility index (Phi) is 3.92. The van der Waals surface area contributed by atoms with Gasteiger partial charge in [-0.3, -0.25) is 0 Å². The minimum atomic E-state index is -4.75. The summed E-state index contributed by atoms with van der Waals surface area (Å²) in [5.41, 5.74) is 6.08. The van der Waals surface area contributed by atoms with E-state index in [1.165, 1.54) is 12.1 Å². The lowest BCUT2D eigenvalue weighted by Crippen LogP contribution is -2.16. The number of halogens is 5. The molecule has 20 heavy (non-hydrogen) atoms. The number of benzene rings is 1. The van der Waals surface area contributed by atoms with E-state index >= 15 is 0 Å². The second-order valence-electron chi connectivity index (χ2n) is 3.61. The van der Waals surface area contributed by atoms with Gasteiger partial charge < -0.3 is 10.5 Å². The fraction of sp³-hybridized carbons (Fsp3) is 0.0909. The standard InChI is InChI=1S/C11H6Cl2F3N3O/c12-8-7(9(13)19-10(17)18-8)5-1-3-6(4-2-5)20-11(14,15)16/h1-4H,(H2,17,18,19). The molecule has 0 bridgehead atoms. The first-order valence-corrected chi connectivity index (χ1v) is 5.86. The molecule has 4 nitrogen and oxygen atoms in total. The molecule has 1 heterocycles. The molecule has 0 aliphatic heterocycles. The third-order valence-corrected chi connectivity index (χ3v) is 2.76. The van der Waals surface area contributed by atoms with Gasteiger partial charge in [-0.15, -0.1) is 13.2 Å². The Balaban J connectivity index is 2.36. The van der Waals surface area contributed by atoms with Crippen LogP contribution in [0.2, 0.25) is 10.3 Å². The summed E-state index contributed by atoms with van der Waals surface area (Å²) in [6.07, 6.45) is -4.75. The maximum Gasteiger partial charge on any atom is 0.573 e. The first-order valence-electron chi connectivity index (χ1n) is 5.11. The highest BCUT2D eigenvalue weighted by atomic mass is 35.5. The van der Waals surface area contributed by atoms with Crippen LogP contribution in [0.1, 0.15) is 0 Å². The molecular weight excluding hydrogens is 318 g/mol. The van der Waals surface area contributed by atoms with Gasteiger partial charge in [-0.1, -0.05) is 35.3 Å². The van der Waals surface area contributed by atoms with Crippen molar-refractivity contribution in [3.8, 4) is 16.9 Å². The van der Waals surface area contributed by atoms with Crippen molar-refractivity contribution in [2.75, 3.05) is 5.73 Å². The van der Waals surface area contributed by atoms with Gasteiger partial charge in [0.25, 0.3) is 0 Å². The van der Waals surface area contributed by atoms with Crippen LogP contribution in [0, 0.1) is 0 Å². The molecule has 0 unspecified atom stereocenters. The van der Waals surface area contributed by atoms with E-state index in [2.05, 4.69) is 14.7 Å². The van der Waals surface area contributed by atoms with Gasteiger partial charge in [-0.05, 0) is 17.7 Å². The van der Waals surface area contributed by atoms with Gasteiger partial charge in [0.15, 0.2) is 0 Å². The molecule has 106 valence electrons. The van der Waals surface area contributed by atoms with Crippen LogP contribution in [-0.4, -0.2) is 16.3 Å². The normalized spacial score (nSPS) is 11.4. The maximum absolute atomic E-state index is 12.0. The number of nitrogen functional groups attached to an aromatic ring is 1. The lowest BCUT2D eigenvalue weighted by Gasteiger charge is -2.10. The predicted molar refractivity (Wildman–Crippen MR) is 68.6 cm³/mol. The van der Waals surface area contributed by atoms with Crippen molar-refractivity contribution in [2.45, 2.75) is 6.36 Å². The summed E-state index contributed by atoms with van der Waals surface area (Å²) in [5, 5.41) is 0.0129. The van der Waals surface area contributed by atoms with Gasteiger partial charge in [0.2, 0.25) is 5.95 Å². The summed E-state index contributed by atoms with van der Waals surface area (Å²) in [7, 11) is 0. The van der Waals surface area contributed by atoms with Gasteiger partial charge in [0, 0.05) is 0 Å². The summed E-state index contributed by atoms with van der Waals surface area (Å²) < 4.78 is 39.9. The molecule has 9 heteroatoms.